The number of carbonyl (C=O) groups is 1. The zero-order valence-electron chi connectivity index (χ0n) is 11.0. The average Bonchev–Trinajstić information content (AvgIpc) is 2.48. The number of amidine groups is 1. The van der Waals surface area contributed by atoms with E-state index in [1.807, 2.05) is 29.2 Å². The Morgan fingerprint density at radius 3 is 2.40 bits per heavy atom. The van der Waals surface area contributed by atoms with Crippen LogP contribution in [0.15, 0.2) is 29.4 Å². The summed E-state index contributed by atoms with van der Waals surface area (Å²) in [4.78, 5) is 16.2. The van der Waals surface area contributed by atoms with Crippen molar-refractivity contribution >= 4 is 34.3 Å². The van der Waals surface area contributed by atoms with Gasteiger partial charge in [-0.1, -0.05) is 5.16 Å². The van der Waals surface area contributed by atoms with Crippen molar-refractivity contribution in [2.24, 2.45) is 10.9 Å². The van der Waals surface area contributed by atoms with Crippen molar-refractivity contribution in [3.05, 3.63) is 33.4 Å². The minimum atomic E-state index is 0.0600. The Kier molecular flexibility index (Phi) is 5.18. The van der Waals surface area contributed by atoms with Crippen molar-refractivity contribution in [2.75, 3.05) is 32.7 Å². The highest BCUT2D eigenvalue weighted by molar-refractivity contribution is 14.1. The topological polar surface area (TPSA) is 82.2 Å². The second-order valence-corrected chi connectivity index (χ2v) is 5.91. The van der Waals surface area contributed by atoms with Gasteiger partial charge in [0.05, 0.1) is 6.54 Å². The van der Waals surface area contributed by atoms with E-state index in [9.17, 15) is 4.79 Å². The SMILES string of the molecule is NC(CN1CCN(C(=O)c2ccc(I)cc2)CC1)=NO. The second kappa shape index (κ2) is 6.89. The van der Waals surface area contributed by atoms with Gasteiger partial charge in [0, 0.05) is 35.3 Å². The minimum Gasteiger partial charge on any atom is -0.409 e. The van der Waals surface area contributed by atoms with Crippen molar-refractivity contribution in [1.82, 2.24) is 9.80 Å². The fourth-order valence-electron chi connectivity index (χ4n) is 2.14. The Balaban J connectivity index is 1.90. The Bertz CT molecular complexity index is 496. The lowest BCUT2D eigenvalue weighted by atomic mass is 10.2. The van der Waals surface area contributed by atoms with Crippen LogP contribution >= 0.6 is 22.6 Å². The molecule has 0 aromatic heterocycles. The van der Waals surface area contributed by atoms with Gasteiger partial charge in [0.2, 0.25) is 0 Å². The lowest BCUT2D eigenvalue weighted by Crippen LogP contribution is -2.50. The third kappa shape index (κ3) is 3.83. The number of oxime groups is 1. The van der Waals surface area contributed by atoms with Gasteiger partial charge < -0.3 is 15.8 Å². The van der Waals surface area contributed by atoms with Gasteiger partial charge in [-0.15, -0.1) is 0 Å². The van der Waals surface area contributed by atoms with E-state index >= 15 is 0 Å². The molecule has 1 saturated heterocycles. The van der Waals surface area contributed by atoms with E-state index < -0.39 is 0 Å². The molecule has 3 N–H and O–H groups in total. The molecule has 20 heavy (non-hydrogen) atoms. The highest BCUT2D eigenvalue weighted by Gasteiger charge is 2.22. The Morgan fingerprint density at radius 1 is 1.25 bits per heavy atom. The van der Waals surface area contributed by atoms with Gasteiger partial charge in [0.25, 0.3) is 5.91 Å². The zero-order chi connectivity index (χ0) is 14.5. The summed E-state index contributed by atoms with van der Waals surface area (Å²) in [7, 11) is 0. The molecule has 1 heterocycles. The normalized spacial score (nSPS) is 17.2. The standard InChI is InChI=1S/C13H17IN4O2/c14-11-3-1-10(2-4-11)13(19)18-7-5-17(6-8-18)9-12(15)16-20/h1-4,20H,5-9H2,(H2,15,16). The molecule has 0 spiro atoms. The maximum Gasteiger partial charge on any atom is 0.253 e. The first-order chi connectivity index (χ1) is 9.60. The van der Waals surface area contributed by atoms with Crippen LogP contribution in [0.25, 0.3) is 0 Å². The molecule has 1 aliphatic heterocycles. The molecule has 6 nitrogen and oxygen atoms in total. The molecule has 0 saturated carbocycles. The van der Waals surface area contributed by atoms with Crippen LogP contribution in [0.1, 0.15) is 10.4 Å². The summed E-state index contributed by atoms with van der Waals surface area (Å²) in [6.07, 6.45) is 0. The Morgan fingerprint density at radius 2 is 1.85 bits per heavy atom. The van der Waals surface area contributed by atoms with E-state index in [1.165, 1.54) is 0 Å². The van der Waals surface area contributed by atoms with E-state index in [-0.39, 0.29) is 11.7 Å². The molecule has 0 atom stereocenters. The minimum absolute atomic E-state index is 0.0600. The predicted molar refractivity (Wildman–Crippen MR) is 84.9 cm³/mol. The van der Waals surface area contributed by atoms with Crippen LogP contribution in [0, 0.1) is 3.57 Å². The Hall–Kier alpha value is -1.35. The van der Waals surface area contributed by atoms with Gasteiger partial charge in [-0.2, -0.15) is 0 Å². The van der Waals surface area contributed by atoms with Crippen LogP contribution in [0.4, 0.5) is 0 Å². The van der Waals surface area contributed by atoms with Crippen LogP contribution in [0.3, 0.4) is 0 Å². The third-order valence-corrected chi connectivity index (χ3v) is 3.98. The monoisotopic (exact) mass is 388 g/mol. The van der Waals surface area contributed by atoms with Crippen molar-refractivity contribution in [2.45, 2.75) is 0 Å². The van der Waals surface area contributed by atoms with Crippen molar-refractivity contribution < 1.29 is 10.0 Å². The highest BCUT2D eigenvalue weighted by Crippen LogP contribution is 2.11. The molecule has 1 aliphatic rings. The van der Waals surface area contributed by atoms with E-state index in [4.69, 9.17) is 10.9 Å². The van der Waals surface area contributed by atoms with Gasteiger partial charge in [0.1, 0.15) is 0 Å². The van der Waals surface area contributed by atoms with Gasteiger partial charge in [-0.3, -0.25) is 9.69 Å². The first-order valence-electron chi connectivity index (χ1n) is 6.34. The molecule has 0 aliphatic carbocycles. The molecule has 108 valence electrons. The number of piperazine rings is 1. The van der Waals surface area contributed by atoms with E-state index in [0.29, 0.717) is 19.6 Å². The molecule has 1 amide bonds. The molecule has 0 unspecified atom stereocenters. The fraction of sp³-hybridized carbons (Fsp3) is 0.385. The molecule has 7 heteroatoms. The molecule has 1 fully saturated rings. The second-order valence-electron chi connectivity index (χ2n) is 4.67. The maximum atomic E-state index is 12.3. The zero-order valence-corrected chi connectivity index (χ0v) is 13.2. The van der Waals surface area contributed by atoms with Gasteiger partial charge in [-0.05, 0) is 46.9 Å². The number of nitrogens with two attached hydrogens (primary N) is 1. The first kappa shape index (κ1) is 15.0. The van der Waals surface area contributed by atoms with Gasteiger partial charge in [0.15, 0.2) is 5.84 Å². The summed E-state index contributed by atoms with van der Waals surface area (Å²) in [5.41, 5.74) is 6.20. The molecule has 0 radical (unpaired) electrons. The smallest absolute Gasteiger partial charge is 0.253 e. The molecule has 1 aromatic rings. The molecule has 0 bridgehead atoms. The maximum absolute atomic E-state index is 12.3. The third-order valence-electron chi connectivity index (χ3n) is 3.26. The lowest BCUT2D eigenvalue weighted by molar-refractivity contribution is 0.0653. The van der Waals surface area contributed by atoms with Gasteiger partial charge in [-0.25, -0.2) is 0 Å². The Labute approximate surface area is 131 Å². The predicted octanol–water partition coefficient (Wildman–Crippen LogP) is 0.795. The van der Waals surface area contributed by atoms with Crippen LogP contribution in [0.2, 0.25) is 0 Å². The number of hydrogen-bond acceptors (Lipinski definition) is 4. The molecule has 1 aromatic carbocycles. The summed E-state index contributed by atoms with van der Waals surface area (Å²) in [5, 5.41) is 11.5. The van der Waals surface area contributed by atoms with Gasteiger partial charge >= 0.3 is 0 Å². The number of halogens is 1. The number of rotatable bonds is 3. The van der Waals surface area contributed by atoms with E-state index in [0.717, 1.165) is 22.2 Å². The summed E-state index contributed by atoms with van der Waals surface area (Å²) in [5.74, 6) is 0.257. The van der Waals surface area contributed by atoms with Crippen LogP contribution < -0.4 is 5.73 Å². The van der Waals surface area contributed by atoms with E-state index in [2.05, 4.69) is 32.6 Å². The number of benzene rings is 1. The largest absolute Gasteiger partial charge is 0.409 e. The van der Waals surface area contributed by atoms with E-state index in [1.54, 1.807) is 0 Å². The summed E-state index contributed by atoms with van der Waals surface area (Å²) in [6.45, 7) is 3.20. The average molecular weight is 388 g/mol. The highest BCUT2D eigenvalue weighted by atomic mass is 127. The number of carbonyl (C=O) groups excluding carboxylic acids is 1. The van der Waals surface area contributed by atoms with Crippen LogP contribution in [-0.2, 0) is 0 Å². The summed E-state index contributed by atoms with van der Waals surface area (Å²) >= 11 is 2.22. The van der Waals surface area contributed by atoms with Crippen molar-refractivity contribution in [3.8, 4) is 0 Å². The summed E-state index contributed by atoms with van der Waals surface area (Å²) in [6, 6.07) is 7.57. The fourth-order valence-corrected chi connectivity index (χ4v) is 2.50. The van der Waals surface area contributed by atoms with Crippen molar-refractivity contribution in [1.29, 1.82) is 0 Å². The van der Waals surface area contributed by atoms with Crippen LogP contribution in [0.5, 0.6) is 0 Å². The van der Waals surface area contributed by atoms with Crippen LogP contribution in [-0.4, -0.2) is 59.5 Å². The molecular weight excluding hydrogens is 371 g/mol. The molecular formula is C13H17IN4O2. The number of hydrogen-bond donors (Lipinski definition) is 2. The van der Waals surface area contributed by atoms with Crippen molar-refractivity contribution in [3.63, 3.8) is 0 Å². The summed E-state index contributed by atoms with van der Waals surface area (Å²) < 4.78 is 1.11. The molecule has 2 rings (SSSR count). The quantitative estimate of drug-likeness (QED) is 0.264. The first-order valence-corrected chi connectivity index (χ1v) is 7.41. The lowest BCUT2D eigenvalue weighted by Gasteiger charge is -2.34. The number of amides is 1. The number of nitrogens with zero attached hydrogens (tertiary/aromatic N) is 3.